The average Bonchev–Trinajstić information content (AvgIpc) is 3.27. The summed E-state index contributed by atoms with van der Waals surface area (Å²) in [7, 11) is 0. The van der Waals surface area contributed by atoms with E-state index in [4.69, 9.17) is 4.42 Å². The Hall–Kier alpha value is -3.25. The summed E-state index contributed by atoms with van der Waals surface area (Å²) in [5, 5.41) is 13.0. The molecule has 5 nitrogen and oxygen atoms in total. The van der Waals surface area contributed by atoms with Crippen LogP contribution >= 0.6 is 11.3 Å². The molecule has 1 N–H and O–H groups in total. The van der Waals surface area contributed by atoms with Crippen molar-refractivity contribution in [2.75, 3.05) is 5.32 Å². The minimum absolute atomic E-state index is 0.281. The fourth-order valence-electron chi connectivity index (χ4n) is 2.36. The van der Waals surface area contributed by atoms with E-state index in [1.165, 1.54) is 17.4 Å². The van der Waals surface area contributed by atoms with Crippen molar-refractivity contribution in [3.05, 3.63) is 72.5 Å². The van der Waals surface area contributed by atoms with Crippen LogP contribution < -0.4 is 5.32 Å². The second-order valence-corrected chi connectivity index (χ2v) is 6.27. The Balaban J connectivity index is 1.44. The van der Waals surface area contributed by atoms with Crippen molar-refractivity contribution in [2.24, 2.45) is 0 Å². The maximum absolute atomic E-state index is 12.0. The highest BCUT2D eigenvalue weighted by atomic mass is 32.1. The maximum Gasteiger partial charge on any atom is 0.250 e. The Bertz CT molecular complexity index is 1020. The van der Waals surface area contributed by atoms with Gasteiger partial charge in [0, 0.05) is 17.0 Å². The third kappa shape index (κ3) is 3.49. The molecule has 0 fully saturated rings. The largest absolute Gasteiger partial charge is 0.457 e. The summed E-state index contributed by atoms with van der Waals surface area (Å²) >= 11 is 1.33. The summed E-state index contributed by atoms with van der Waals surface area (Å²) in [6.07, 6.45) is 3.05. The molecule has 1 amide bonds. The Morgan fingerprint density at radius 1 is 1.04 bits per heavy atom. The van der Waals surface area contributed by atoms with Gasteiger partial charge in [0.15, 0.2) is 0 Å². The number of fused-ring (bicyclic) bond motifs is 1. The van der Waals surface area contributed by atoms with Crippen LogP contribution in [0.15, 0.2) is 71.2 Å². The molecule has 4 rings (SSSR count). The number of nitrogens with zero attached hydrogens (tertiary/aromatic N) is 2. The number of para-hydroxylation sites is 1. The van der Waals surface area contributed by atoms with Crippen LogP contribution in [0.3, 0.4) is 0 Å². The van der Waals surface area contributed by atoms with E-state index in [0.717, 1.165) is 21.5 Å². The Kier molecular flexibility index (Phi) is 4.10. The lowest BCUT2D eigenvalue weighted by Crippen LogP contribution is -2.07. The van der Waals surface area contributed by atoms with E-state index in [-0.39, 0.29) is 5.91 Å². The SMILES string of the molecule is O=C(/C=C/c1cc2ccccc2o1)Nc1nnc(-c2ccccc2)s1. The third-order valence-corrected chi connectivity index (χ3v) is 4.41. The molecule has 2 aromatic carbocycles. The van der Waals surface area contributed by atoms with Crippen molar-refractivity contribution in [2.45, 2.75) is 0 Å². The molecule has 122 valence electrons. The summed E-state index contributed by atoms with van der Waals surface area (Å²) in [6.45, 7) is 0. The molecule has 0 saturated heterocycles. The van der Waals surface area contributed by atoms with Crippen molar-refractivity contribution in [3.8, 4) is 10.6 Å². The zero-order valence-corrected chi connectivity index (χ0v) is 13.9. The molecular weight excluding hydrogens is 334 g/mol. The van der Waals surface area contributed by atoms with E-state index in [0.29, 0.717) is 10.9 Å². The van der Waals surface area contributed by atoms with Crippen LogP contribution in [0.25, 0.3) is 27.6 Å². The molecule has 0 aliphatic heterocycles. The number of anilines is 1. The maximum atomic E-state index is 12.0. The molecular formula is C19H13N3O2S. The highest BCUT2D eigenvalue weighted by Crippen LogP contribution is 2.26. The van der Waals surface area contributed by atoms with Crippen molar-refractivity contribution in [1.29, 1.82) is 0 Å². The Morgan fingerprint density at radius 2 is 1.84 bits per heavy atom. The van der Waals surface area contributed by atoms with Gasteiger partial charge in [0.25, 0.3) is 0 Å². The fraction of sp³-hybridized carbons (Fsp3) is 0. The van der Waals surface area contributed by atoms with Crippen LogP contribution in [0, 0.1) is 0 Å². The van der Waals surface area contributed by atoms with Gasteiger partial charge in [0.2, 0.25) is 11.0 Å². The monoisotopic (exact) mass is 347 g/mol. The van der Waals surface area contributed by atoms with Gasteiger partial charge in [-0.05, 0) is 18.2 Å². The summed E-state index contributed by atoms with van der Waals surface area (Å²) in [4.78, 5) is 12.0. The number of nitrogens with one attached hydrogen (secondary N) is 1. The molecule has 0 unspecified atom stereocenters. The molecule has 0 spiro atoms. The van der Waals surface area contributed by atoms with E-state index in [9.17, 15) is 4.79 Å². The van der Waals surface area contributed by atoms with Crippen molar-refractivity contribution >= 4 is 39.4 Å². The average molecular weight is 347 g/mol. The fourth-order valence-corrected chi connectivity index (χ4v) is 3.11. The second-order valence-electron chi connectivity index (χ2n) is 5.29. The number of amides is 1. The number of rotatable bonds is 4. The zero-order chi connectivity index (χ0) is 17.1. The van der Waals surface area contributed by atoms with Gasteiger partial charge >= 0.3 is 0 Å². The van der Waals surface area contributed by atoms with E-state index in [2.05, 4.69) is 15.5 Å². The molecule has 0 saturated carbocycles. The zero-order valence-electron chi connectivity index (χ0n) is 13.0. The Morgan fingerprint density at radius 3 is 2.68 bits per heavy atom. The topological polar surface area (TPSA) is 68.0 Å². The highest BCUT2D eigenvalue weighted by Gasteiger charge is 2.08. The first-order valence-corrected chi connectivity index (χ1v) is 8.46. The minimum Gasteiger partial charge on any atom is -0.457 e. The molecule has 6 heteroatoms. The van der Waals surface area contributed by atoms with Gasteiger partial charge in [-0.1, -0.05) is 59.9 Å². The lowest BCUT2D eigenvalue weighted by molar-refractivity contribution is -0.111. The van der Waals surface area contributed by atoms with Gasteiger partial charge in [0.05, 0.1) is 0 Å². The molecule has 0 atom stereocenters. The molecule has 0 bridgehead atoms. The van der Waals surface area contributed by atoms with Crippen molar-refractivity contribution < 1.29 is 9.21 Å². The summed E-state index contributed by atoms with van der Waals surface area (Å²) in [5.41, 5.74) is 1.76. The molecule has 4 aromatic rings. The number of carbonyl (C=O) groups excluding carboxylic acids is 1. The van der Waals surface area contributed by atoms with E-state index in [1.54, 1.807) is 6.08 Å². The molecule has 0 aliphatic rings. The number of hydrogen-bond donors (Lipinski definition) is 1. The third-order valence-electron chi connectivity index (χ3n) is 3.52. The number of aromatic nitrogens is 2. The van der Waals surface area contributed by atoms with E-state index >= 15 is 0 Å². The summed E-state index contributed by atoms with van der Waals surface area (Å²) in [5.74, 6) is 0.342. The lowest BCUT2D eigenvalue weighted by Gasteiger charge is -1.94. The predicted molar refractivity (Wildman–Crippen MR) is 99.2 cm³/mol. The van der Waals surface area contributed by atoms with Gasteiger partial charge in [-0.2, -0.15) is 0 Å². The molecule has 2 aromatic heterocycles. The summed E-state index contributed by atoms with van der Waals surface area (Å²) < 4.78 is 5.64. The van der Waals surface area contributed by atoms with Crippen LogP contribution in [-0.2, 0) is 4.79 Å². The van der Waals surface area contributed by atoms with Gasteiger partial charge in [-0.3, -0.25) is 10.1 Å². The normalized spacial score (nSPS) is 11.2. The summed E-state index contributed by atoms with van der Waals surface area (Å²) in [6, 6.07) is 19.3. The van der Waals surface area contributed by atoms with Crippen LogP contribution in [0.4, 0.5) is 5.13 Å². The lowest BCUT2D eigenvalue weighted by atomic mass is 10.2. The number of carbonyl (C=O) groups is 1. The number of hydrogen-bond acceptors (Lipinski definition) is 5. The van der Waals surface area contributed by atoms with Gasteiger partial charge in [0.1, 0.15) is 16.4 Å². The van der Waals surface area contributed by atoms with Gasteiger partial charge in [-0.25, -0.2) is 0 Å². The standard InChI is InChI=1S/C19H13N3O2S/c23-17(11-10-15-12-14-8-4-5-9-16(14)24-15)20-19-22-21-18(25-19)13-6-2-1-3-7-13/h1-12H,(H,20,22,23)/b11-10+. The minimum atomic E-state index is -0.281. The van der Waals surface area contributed by atoms with Crippen LogP contribution in [0.5, 0.6) is 0 Å². The van der Waals surface area contributed by atoms with Gasteiger partial charge < -0.3 is 4.42 Å². The van der Waals surface area contributed by atoms with Crippen molar-refractivity contribution in [1.82, 2.24) is 10.2 Å². The smallest absolute Gasteiger partial charge is 0.250 e. The molecule has 0 radical (unpaired) electrons. The molecule has 2 heterocycles. The molecule has 25 heavy (non-hydrogen) atoms. The first-order chi connectivity index (χ1) is 12.3. The van der Waals surface area contributed by atoms with Crippen LogP contribution in [0.1, 0.15) is 5.76 Å². The predicted octanol–water partition coefficient (Wildman–Crippen LogP) is 4.60. The van der Waals surface area contributed by atoms with Gasteiger partial charge in [-0.15, -0.1) is 10.2 Å². The van der Waals surface area contributed by atoms with Crippen LogP contribution in [-0.4, -0.2) is 16.1 Å². The Labute approximate surface area is 147 Å². The van der Waals surface area contributed by atoms with E-state index in [1.807, 2.05) is 60.7 Å². The first-order valence-electron chi connectivity index (χ1n) is 7.64. The quantitative estimate of drug-likeness (QED) is 0.548. The first kappa shape index (κ1) is 15.3. The highest BCUT2D eigenvalue weighted by molar-refractivity contribution is 7.18. The molecule has 0 aliphatic carbocycles. The number of furan rings is 1. The van der Waals surface area contributed by atoms with Crippen LogP contribution in [0.2, 0.25) is 0 Å². The number of benzene rings is 2. The van der Waals surface area contributed by atoms with E-state index < -0.39 is 0 Å². The second kappa shape index (κ2) is 6.70. The van der Waals surface area contributed by atoms with Crippen molar-refractivity contribution in [3.63, 3.8) is 0 Å².